The SMILES string of the molecule is CCOC(=O)C1=C(C)NC2=C(C(=O)C[C@@H](c3ccccc3)C2)[C@@H]1c1ccc(OCc2ccccc2)c(OC)c1. The van der Waals surface area contributed by atoms with Gasteiger partial charge in [0.1, 0.15) is 6.61 Å². The third kappa shape index (κ3) is 5.46. The second-order valence-electron chi connectivity index (χ2n) is 9.83. The Morgan fingerprint density at radius 2 is 1.64 bits per heavy atom. The highest BCUT2D eigenvalue weighted by Gasteiger charge is 2.41. The van der Waals surface area contributed by atoms with E-state index in [1.807, 2.05) is 73.7 Å². The number of Topliss-reactive ketones (excluding diaryl/α,β-unsaturated/α-hetero) is 1. The molecule has 0 unspecified atom stereocenters. The molecule has 2 aliphatic rings. The van der Waals surface area contributed by atoms with Crippen LogP contribution in [0.25, 0.3) is 0 Å². The maximum absolute atomic E-state index is 13.8. The summed E-state index contributed by atoms with van der Waals surface area (Å²) in [7, 11) is 1.59. The van der Waals surface area contributed by atoms with Gasteiger partial charge in [-0.15, -0.1) is 0 Å². The van der Waals surface area contributed by atoms with Crippen molar-refractivity contribution in [2.45, 2.75) is 45.1 Å². The normalized spacial score (nSPS) is 18.8. The van der Waals surface area contributed by atoms with Crippen LogP contribution in [0.5, 0.6) is 11.5 Å². The summed E-state index contributed by atoms with van der Waals surface area (Å²) in [5, 5.41) is 3.40. The van der Waals surface area contributed by atoms with Crippen molar-refractivity contribution < 1.29 is 23.8 Å². The number of hydrogen-bond donors (Lipinski definition) is 1. The van der Waals surface area contributed by atoms with Crippen molar-refractivity contribution in [3.05, 3.63) is 118 Å². The highest BCUT2D eigenvalue weighted by molar-refractivity contribution is 6.04. The molecule has 200 valence electrons. The molecule has 3 aromatic carbocycles. The van der Waals surface area contributed by atoms with E-state index in [0.29, 0.717) is 47.8 Å². The van der Waals surface area contributed by atoms with Crippen LogP contribution in [0.2, 0.25) is 0 Å². The average molecular weight is 524 g/mol. The molecule has 1 aliphatic heterocycles. The molecule has 1 aliphatic carbocycles. The number of carbonyl (C=O) groups excluding carboxylic acids is 2. The van der Waals surface area contributed by atoms with Gasteiger partial charge < -0.3 is 19.5 Å². The monoisotopic (exact) mass is 523 g/mol. The molecule has 2 atom stereocenters. The first-order chi connectivity index (χ1) is 19.0. The predicted octanol–water partition coefficient (Wildman–Crippen LogP) is 6.20. The van der Waals surface area contributed by atoms with Gasteiger partial charge >= 0.3 is 5.97 Å². The molecule has 6 nitrogen and oxygen atoms in total. The Hall–Kier alpha value is -4.32. The Morgan fingerprint density at radius 3 is 2.33 bits per heavy atom. The minimum atomic E-state index is -0.568. The number of ether oxygens (including phenoxy) is 3. The quantitative estimate of drug-likeness (QED) is 0.355. The first-order valence-electron chi connectivity index (χ1n) is 13.3. The largest absolute Gasteiger partial charge is 0.493 e. The molecule has 0 amide bonds. The van der Waals surface area contributed by atoms with E-state index in [1.54, 1.807) is 14.0 Å². The van der Waals surface area contributed by atoms with Gasteiger partial charge in [0.05, 0.1) is 19.3 Å². The fraction of sp³-hybridized carbons (Fsp3) is 0.273. The molecular formula is C33H33NO5. The summed E-state index contributed by atoms with van der Waals surface area (Å²) in [4.78, 5) is 27.0. The standard InChI is InChI=1S/C33H33NO5/c1-4-38-33(36)30-21(2)34-26-17-25(23-13-9-6-10-14-23)18-27(35)32(26)31(30)24-15-16-28(29(19-24)37-3)39-20-22-11-7-5-8-12-22/h5-16,19,25,31,34H,4,17-18,20H2,1-3H3/t25-,31+/m0/s1. The summed E-state index contributed by atoms with van der Waals surface area (Å²) < 4.78 is 17.2. The van der Waals surface area contributed by atoms with Crippen molar-refractivity contribution in [2.24, 2.45) is 0 Å². The Kier molecular flexibility index (Phi) is 7.82. The molecule has 0 bridgehead atoms. The summed E-state index contributed by atoms with van der Waals surface area (Å²) in [6.45, 7) is 4.29. The highest BCUT2D eigenvalue weighted by Crippen LogP contribution is 2.47. The lowest BCUT2D eigenvalue weighted by Gasteiger charge is -2.36. The maximum Gasteiger partial charge on any atom is 0.336 e. The van der Waals surface area contributed by atoms with Gasteiger partial charge in [-0.25, -0.2) is 4.79 Å². The molecule has 1 heterocycles. The number of ketones is 1. The minimum Gasteiger partial charge on any atom is -0.493 e. The van der Waals surface area contributed by atoms with Crippen LogP contribution < -0.4 is 14.8 Å². The molecule has 6 heteroatoms. The molecule has 3 aromatic rings. The Balaban J connectivity index is 1.53. The van der Waals surface area contributed by atoms with Crippen LogP contribution in [-0.2, 0) is 20.9 Å². The van der Waals surface area contributed by atoms with E-state index in [4.69, 9.17) is 14.2 Å². The molecule has 39 heavy (non-hydrogen) atoms. The lowest BCUT2D eigenvalue weighted by molar-refractivity contribution is -0.138. The van der Waals surface area contributed by atoms with Crippen LogP contribution in [0.4, 0.5) is 0 Å². The minimum absolute atomic E-state index is 0.0280. The third-order valence-corrected chi connectivity index (χ3v) is 7.35. The maximum atomic E-state index is 13.8. The third-order valence-electron chi connectivity index (χ3n) is 7.35. The summed E-state index contributed by atoms with van der Waals surface area (Å²) in [6, 6.07) is 25.6. The smallest absolute Gasteiger partial charge is 0.336 e. The van der Waals surface area contributed by atoms with Crippen LogP contribution in [0.15, 0.2) is 101 Å². The molecule has 0 aromatic heterocycles. The van der Waals surface area contributed by atoms with Crippen molar-refractivity contribution >= 4 is 11.8 Å². The first kappa shape index (κ1) is 26.3. The van der Waals surface area contributed by atoms with Crippen LogP contribution in [0, 0.1) is 0 Å². The van der Waals surface area contributed by atoms with Crippen molar-refractivity contribution in [1.82, 2.24) is 5.32 Å². The zero-order chi connectivity index (χ0) is 27.4. The number of nitrogens with one attached hydrogen (secondary N) is 1. The highest BCUT2D eigenvalue weighted by atomic mass is 16.5. The number of esters is 1. The van der Waals surface area contributed by atoms with Crippen molar-refractivity contribution in [2.75, 3.05) is 13.7 Å². The zero-order valence-electron chi connectivity index (χ0n) is 22.5. The number of hydrogen-bond acceptors (Lipinski definition) is 6. The van der Waals surface area contributed by atoms with Gasteiger partial charge in [0.2, 0.25) is 0 Å². The number of dihydropyridines is 1. The number of carbonyl (C=O) groups is 2. The average Bonchev–Trinajstić information content (AvgIpc) is 2.96. The Labute approximate surface area is 229 Å². The number of methoxy groups -OCH3 is 1. The summed E-state index contributed by atoms with van der Waals surface area (Å²) >= 11 is 0. The number of allylic oxidation sites excluding steroid dienone is 3. The lowest BCUT2D eigenvalue weighted by atomic mass is 9.71. The molecule has 0 fully saturated rings. The molecule has 0 saturated heterocycles. The van der Waals surface area contributed by atoms with E-state index in [0.717, 1.165) is 22.4 Å². The fourth-order valence-corrected chi connectivity index (χ4v) is 5.53. The van der Waals surface area contributed by atoms with E-state index in [2.05, 4.69) is 17.4 Å². The van der Waals surface area contributed by atoms with Crippen LogP contribution in [0.1, 0.15) is 55.2 Å². The van der Waals surface area contributed by atoms with E-state index in [1.165, 1.54) is 0 Å². The van der Waals surface area contributed by atoms with Gasteiger partial charge in [0.15, 0.2) is 17.3 Å². The first-order valence-corrected chi connectivity index (χ1v) is 13.3. The topological polar surface area (TPSA) is 73.9 Å². The van der Waals surface area contributed by atoms with Gasteiger partial charge in [-0.1, -0.05) is 66.7 Å². The van der Waals surface area contributed by atoms with Gasteiger partial charge in [0, 0.05) is 29.3 Å². The van der Waals surface area contributed by atoms with Crippen LogP contribution in [0.3, 0.4) is 0 Å². The fourth-order valence-electron chi connectivity index (χ4n) is 5.53. The van der Waals surface area contributed by atoms with E-state index in [9.17, 15) is 9.59 Å². The summed E-state index contributed by atoms with van der Waals surface area (Å²) in [5.41, 5.74) is 5.58. The lowest BCUT2D eigenvalue weighted by Crippen LogP contribution is -2.36. The van der Waals surface area contributed by atoms with Crippen molar-refractivity contribution in [3.63, 3.8) is 0 Å². The van der Waals surface area contributed by atoms with Gasteiger partial charge in [-0.05, 0) is 55.0 Å². The Morgan fingerprint density at radius 1 is 0.923 bits per heavy atom. The molecule has 5 rings (SSSR count). The van der Waals surface area contributed by atoms with Crippen molar-refractivity contribution in [3.8, 4) is 11.5 Å². The predicted molar refractivity (Wildman–Crippen MR) is 149 cm³/mol. The molecule has 0 radical (unpaired) electrons. The molecule has 0 spiro atoms. The summed E-state index contributed by atoms with van der Waals surface area (Å²) in [5.74, 6) is 0.231. The molecule has 1 N–H and O–H groups in total. The summed E-state index contributed by atoms with van der Waals surface area (Å²) in [6.07, 6.45) is 1.07. The number of benzene rings is 3. The second kappa shape index (κ2) is 11.6. The Bertz CT molecular complexity index is 1420. The van der Waals surface area contributed by atoms with Crippen molar-refractivity contribution in [1.29, 1.82) is 0 Å². The zero-order valence-corrected chi connectivity index (χ0v) is 22.5. The molecule has 0 saturated carbocycles. The van der Waals surface area contributed by atoms with Gasteiger partial charge in [-0.3, -0.25) is 4.79 Å². The molecular weight excluding hydrogens is 490 g/mol. The number of rotatable bonds is 8. The van der Waals surface area contributed by atoms with E-state index < -0.39 is 11.9 Å². The second-order valence-corrected chi connectivity index (χ2v) is 9.83. The van der Waals surface area contributed by atoms with Crippen LogP contribution in [-0.4, -0.2) is 25.5 Å². The van der Waals surface area contributed by atoms with E-state index >= 15 is 0 Å². The van der Waals surface area contributed by atoms with Gasteiger partial charge in [0.25, 0.3) is 0 Å². The van der Waals surface area contributed by atoms with Gasteiger partial charge in [-0.2, -0.15) is 0 Å². The van der Waals surface area contributed by atoms with E-state index in [-0.39, 0.29) is 18.3 Å². The van der Waals surface area contributed by atoms with Crippen LogP contribution >= 0.6 is 0 Å².